The molecule has 0 spiro atoms. The zero-order chi connectivity index (χ0) is 10.9. The molecule has 0 aliphatic heterocycles. The Bertz CT molecular complexity index is 433. The number of thiazole rings is 1. The third kappa shape index (κ3) is 1.79. The number of halogens is 1. The van der Waals surface area contributed by atoms with Gasteiger partial charge in [-0.05, 0) is 13.8 Å². The number of hydrogen-bond acceptors (Lipinski definition) is 3. The summed E-state index contributed by atoms with van der Waals surface area (Å²) >= 11 is 7.51. The van der Waals surface area contributed by atoms with Crippen molar-refractivity contribution in [3.63, 3.8) is 0 Å². The van der Waals surface area contributed by atoms with Crippen LogP contribution in [-0.4, -0.2) is 14.5 Å². The van der Waals surface area contributed by atoms with Gasteiger partial charge in [0.15, 0.2) is 0 Å². The summed E-state index contributed by atoms with van der Waals surface area (Å²) in [5.74, 6) is 0.467. The molecule has 0 radical (unpaired) electrons. The Hall–Kier alpha value is -0.870. The summed E-state index contributed by atoms with van der Waals surface area (Å²) in [6, 6.07) is 0. The van der Waals surface area contributed by atoms with Crippen molar-refractivity contribution in [2.24, 2.45) is 0 Å². The van der Waals surface area contributed by atoms with E-state index in [0.717, 1.165) is 10.7 Å². The summed E-state index contributed by atoms with van der Waals surface area (Å²) < 4.78 is 2.07. The quantitative estimate of drug-likeness (QED) is 0.774. The Balaban J connectivity index is 2.46. The highest BCUT2D eigenvalue weighted by molar-refractivity contribution is 7.09. The van der Waals surface area contributed by atoms with E-state index in [0.29, 0.717) is 5.88 Å². The topological polar surface area (TPSA) is 30.7 Å². The molecular formula is C10H12ClN3S. The molecular weight excluding hydrogens is 230 g/mol. The highest BCUT2D eigenvalue weighted by atomic mass is 35.5. The van der Waals surface area contributed by atoms with Gasteiger partial charge in [0.2, 0.25) is 0 Å². The normalized spacial score (nSPS) is 11.9. The van der Waals surface area contributed by atoms with Crippen LogP contribution < -0.4 is 0 Å². The molecule has 0 N–H and O–H groups in total. The minimum atomic E-state index is -0.186. The van der Waals surface area contributed by atoms with Gasteiger partial charge in [0.05, 0.1) is 23.4 Å². The lowest BCUT2D eigenvalue weighted by atomic mass is 10.1. The summed E-state index contributed by atoms with van der Waals surface area (Å²) in [6.07, 6.45) is 5.42. The number of aromatic nitrogens is 3. The molecule has 0 amide bonds. The van der Waals surface area contributed by atoms with Gasteiger partial charge in [-0.15, -0.1) is 22.9 Å². The maximum absolute atomic E-state index is 5.86. The second-order valence-electron chi connectivity index (χ2n) is 3.78. The Morgan fingerprint density at radius 2 is 2.33 bits per heavy atom. The molecule has 15 heavy (non-hydrogen) atoms. The summed E-state index contributed by atoms with van der Waals surface area (Å²) in [5.41, 5.74) is 0.825. The fourth-order valence-electron chi connectivity index (χ4n) is 1.55. The molecule has 2 rings (SSSR count). The zero-order valence-corrected chi connectivity index (χ0v) is 10.2. The molecule has 0 fully saturated rings. The highest BCUT2D eigenvalue weighted by Gasteiger charge is 2.26. The van der Waals surface area contributed by atoms with Crippen molar-refractivity contribution in [3.8, 4) is 0 Å². The smallest absolute Gasteiger partial charge is 0.118 e. The summed E-state index contributed by atoms with van der Waals surface area (Å²) in [5, 5.41) is 3.04. The van der Waals surface area contributed by atoms with Crippen LogP contribution in [0.2, 0.25) is 0 Å². The largest absolute Gasteiger partial charge is 0.321 e. The van der Waals surface area contributed by atoms with Gasteiger partial charge in [0, 0.05) is 17.8 Å². The van der Waals surface area contributed by atoms with Crippen molar-refractivity contribution in [2.45, 2.75) is 25.3 Å². The van der Waals surface area contributed by atoms with Gasteiger partial charge in [0.25, 0.3) is 0 Å². The lowest BCUT2D eigenvalue weighted by Gasteiger charge is -2.25. The first kappa shape index (κ1) is 10.6. The second-order valence-corrected chi connectivity index (χ2v) is 4.95. The van der Waals surface area contributed by atoms with Crippen molar-refractivity contribution in [2.75, 3.05) is 0 Å². The molecule has 0 aliphatic rings. The number of nitrogens with zero attached hydrogens (tertiary/aromatic N) is 3. The van der Waals surface area contributed by atoms with Crippen LogP contribution in [0.1, 0.15) is 24.5 Å². The molecule has 0 saturated heterocycles. The molecule has 5 heteroatoms. The van der Waals surface area contributed by atoms with E-state index in [9.17, 15) is 0 Å². The van der Waals surface area contributed by atoms with Gasteiger partial charge in [0.1, 0.15) is 5.01 Å². The standard InChI is InChI=1S/C10H12ClN3S/c1-10(2,9-13-3-4-15-9)14-7-12-6-8(14)5-11/h3-4,6-7H,5H2,1-2H3. The predicted molar refractivity (Wildman–Crippen MR) is 62.3 cm³/mol. The van der Waals surface area contributed by atoms with E-state index in [1.54, 1.807) is 23.9 Å². The monoisotopic (exact) mass is 241 g/mol. The predicted octanol–water partition coefficient (Wildman–Crippen LogP) is 2.86. The highest BCUT2D eigenvalue weighted by Crippen LogP contribution is 2.28. The molecule has 0 aliphatic carbocycles. The molecule has 2 heterocycles. The molecule has 0 bridgehead atoms. The van der Waals surface area contributed by atoms with E-state index in [1.165, 1.54) is 0 Å². The van der Waals surface area contributed by atoms with Crippen molar-refractivity contribution in [1.29, 1.82) is 0 Å². The zero-order valence-electron chi connectivity index (χ0n) is 8.64. The van der Waals surface area contributed by atoms with Crippen LogP contribution in [0, 0.1) is 0 Å². The van der Waals surface area contributed by atoms with Crippen LogP contribution in [0.5, 0.6) is 0 Å². The average molecular weight is 242 g/mol. The van der Waals surface area contributed by atoms with Gasteiger partial charge in [-0.1, -0.05) is 0 Å². The van der Waals surface area contributed by atoms with Crippen molar-refractivity contribution in [1.82, 2.24) is 14.5 Å². The first-order valence-corrected chi connectivity index (χ1v) is 6.05. The van der Waals surface area contributed by atoms with Gasteiger partial charge in [-0.2, -0.15) is 0 Å². The summed E-state index contributed by atoms with van der Waals surface area (Å²) in [4.78, 5) is 8.47. The van der Waals surface area contributed by atoms with E-state index in [2.05, 4.69) is 28.4 Å². The number of hydrogen-bond donors (Lipinski definition) is 0. The van der Waals surface area contributed by atoms with Crippen molar-refractivity contribution in [3.05, 3.63) is 34.8 Å². The molecule has 0 aromatic carbocycles. The first-order valence-electron chi connectivity index (χ1n) is 4.64. The average Bonchev–Trinajstić information content (AvgIpc) is 2.89. The Morgan fingerprint density at radius 1 is 1.53 bits per heavy atom. The van der Waals surface area contributed by atoms with E-state index in [1.807, 2.05) is 11.6 Å². The first-order chi connectivity index (χ1) is 7.16. The number of imidazole rings is 1. The van der Waals surface area contributed by atoms with Gasteiger partial charge >= 0.3 is 0 Å². The Labute approximate surface area is 97.8 Å². The van der Waals surface area contributed by atoms with Gasteiger partial charge < -0.3 is 4.57 Å². The van der Waals surface area contributed by atoms with Crippen molar-refractivity contribution >= 4 is 22.9 Å². The molecule has 0 unspecified atom stereocenters. The van der Waals surface area contributed by atoms with Crippen LogP contribution in [0.15, 0.2) is 24.1 Å². The SMILES string of the molecule is CC(C)(c1nccs1)n1cncc1CCl. The second kappa shape index (κ2) is 3.94. The van der Waals surface area contributed by atoms with E-state index < -0.39 is 0 Å². The maximum Gasteiger partial charge on any atom is 0.118 e. The van der Waals surface area contributed by atoms with Crippen LogP contribution in [0.4, 0.5) is 0 Å². The minimum absolute atomic E-state index is 0.186. The molecule has 3 nitrogen and oxygen atoms in total. The third-order valence-electron chi connectivity index (χ3n) is 2.41. The van der Waals surface area contributed by atoms with Gasteiger partial charge in [-0.25, -0.2) is 9.97 Å². The van der Waals surface area contributed by atoms with Crippen LogP contribution in [0.25, 0.3) is 0 Å². The fourth-order valence-corrected chi connectivity index (χ4v) is 2.51. The summed E-state index contributed by atoms with van der Waals surface area (Å²) in [7, 11) is 0. The summed E-state index contributed by atoms with van der Waals surface area (Å²) in [6.45, 7) is 4.23. The third-order valence-corrected chi connectivity index (χ3v) is 3.77. The van der Waals surface area contributed by atoms with Crippen LogP contribution in [0.3, 0.4) is 0 Å². The number of rotatable bonds is 3. The molecule has 80 valence electrons. The lowest BCUT2D eigenvalue weighted by Crippen LogP contribution is -2.28. The van der Waals surface area contributed by atoms with Crippen LogP contribution in [-0.2, 0) is 11.4 Å². The molecule has 0 saturated carbocycles. The van der Waals surface area contributed by atoms with Crippen molar-refractivity contribution < 1.29 is 0 Å². The van der Waals surface area contributed by atoms with Gasteiger partial charge in [-0.3, -0.25) is 0 Å². The molecule has 2 aromatic heterocycles. The van der Waals surface area contributed by atoms with E-state index >= 15 is 0 Å². The maximum atomic E-state index is 5.86. The Kier molecular flexibility index (Phi) is 2.80. The number of alkyl halides is 1. The van der Waals surface area contributed by atoms with E-state index in [4.69, 9.17) is 11.6 Å². The lowest BCUT2D eigenvalue weighted by molar-refractivity contribution is 0.424. The van der Waals surface area contributed by atoms with E-state index in [-0.39, 0.29) is 5.54 Å². The molecule has 0 atom stereocenters. The minimum Gasteiger partial charge on any atom is -0.321 e. The fraction of sp³-hybridized carbons (Fsp3) is 0.400. The molecule has 2 aromatic rings. The van der Waals surface area contributed by atoms with Crippen LogP contribution >= 0.6 is 22.9 Å². The Morgan fingerprint density at radius 3 is 2.93 bits per heavy atom.